The van der Waals surface area contributed by atoms with E-state index in [2.05, 4.69) is 0 Å². The molecule has 112 valence electrons. The van der Waals surface area contributed by atoms with Crippen molar-refractivity contribution in [1.29, 1.82) is 0 Å². The van der Waals surface area contributed by atoms with Crippen molar-refractivity contribution in [2.45, 2.75) is 15.8 Å². The first-order chi connectivity index (χ1) is 9.61. The van der Waals surface area contributed by atoms with E-state index in [1.807, 2.05) is 48.5 Å². The van der Waals surface area contributed by atoms with Crippen LogP contribution in [0.5, 0.6) is 0 Å². The zero-order valence-corrected chi connectivity index (χ0v) is 13.7. The van der Waals surface area contributed by atoms with Gasteiger partial charge in [0.05, 0.1) is 7.11 Å². The molecule has 0 aliphatic rings. The second-order valence-electron chi connectivity index (χ2n) is 4.09. The maximum atomic E-state index is 11.6. The summed E-state index contributed by atoms with van der Waals surface area (Å²) in [7, 11) is 1.33. The summed E-state index contributed by atoms with van der Waals surface area (Å²) in [6.45, 7) is 0. The Hall–Kier alpha value is -1.20. The Labute approximate surface area is 139 Å². The molecule has 0 unspecified atom stereocenters. The van der Waals surface area contributed by atoms with Crippen LogP contribution in [0.1, 0.15) is 11.6 Å². The van der Waals surface area contributed by atoms with Gasteiger partial charge in [0, 0.05) is 14.8 Å². The van der Waals surface area contributed by atoms with Crippen molar-refractivity contribution in [3.63, 3.8) is 0 Å². The summed E-state index contributed by atoms with van der Waals surface area (Å²) in [5.74, 6) is -0.450. The molecule has 0 saturated heterocycles. The van der Waals surface area contributed by atoms with Gasteiger partial charge in [0.15, 0.2) is 0 Å². The molecule has 0 amide bonds. The Morgan fingerprint density at radius 3 is 2.43 bits per heavy atom. The SMILES string of the molecule is COC(=O)[C@@H](N)c1ccccc1Sc1ccc(Cl)cc1.Cl. The van der Waals surface area contributed by atoms with Crippen LogP contribution in [0.4, 0.5) is 0 Å². The predicted molar refractivity (Wildman–Crippen MR) is 88.2 cm³/mol. The van der Waals surface area contributed by atoms with Gasteiger partial charge in [-0.1, -0.05) is 41.6 Å². The molecule has 0 saturated carbocycles. The summed E-state index contributed by atoms with van der Waals surface area (Å²) >= 11 is 7.40. The maximum Gasteiger partial charge on any atom is 0.327 e. The lowest BCUT2D eigenvalue weighted by atomic mass is 10.1. The summed E-state index contributed by atoms with van der Waals surface area (Å²) in [6.07, 6.45) is 0. The third kappa shape index (κ3) is 4.64. The lowest BCUT2D eigenvalue weighted by molar-refractivity contribution is -0.142. The van der Waals surface area contributed by atoms with Crippen molar-refractivity contribution in [2.75, 3.05) is 7.11 Å². The Balaban J connectivity index is 0.00000220. The van der Waals surface area contributed by atoms with E-state index in [0.717, 1.165) is 15.4 Å². The van der Waals surface area contributed by atoms with Crippen LogP contribution in [0.25, 0.3) is 0 Å². The number of methoxy groups -OCH3 is 1. The first kappa shape index (κ1) is 17.9. The fraction of sp³-hybridized carbons (Fsp3) is 0.133. The summed E-state index contributed by atoms with van der Waals surface area (Å²) in [5, 5.41) is 0.689. The molecule has 0 spiro atoms. The molecule has 0 bridgehead atoms. The smallest absolute Gasteiger partial charge is 0.327 e. The molecule has 21 heavy (non-hydrogen) atoms. The van der Waals surface area contributed by atoms with Crippen LogP contribution in [-0.2, 0) is 9.53 Å². The number of carbonyl (C=O) groups excluding carboxylic acids is 1. The minimum atomic E-state index is -0.781. The standard InChI is InChI=1S/C15H14ClNO2S.ClH/c1-19-15(18)14(17)12-4-2-3-5-13(12)20-11-8-6-10(16)7-9-11;/h2-9,14H,17H2,1H3;1H/t14-;/m0./s1. The number of hydrogen-bond donors (Lipinski definition) is 1. The number of rotatable bonds is 4. The van der Waals surface area contributed by atoms with E-state index in [0.29, 0.717) is 5.02 Å². The van der Waals surface area contributed by atoms with Crippen LogP contribution < -0.4 is 5.73 Å². The number of carbonyl (C=O) groups is 1. The van der Waals surface area contributed by atoms with E-state index < -0.39 is 12.0 Å². The molecule has 0 radical (unpaired) electrons. The molecule has 6 heteroatoms. The Morgan fingerprint density at radius 1 is 1.19 bits per heavy atom. The number of benzene rings is 2. The van der Waals surface area contributed by atoms with Gasteiger partial charge in [-0.3, -0.25) is 4.79 Å². The van der Waals surface area contributed by atoms with Crippen molar-refractivity contribution in [3.05, 3.63) is 59.1 Å². The van der Waals surface area contributed by atoms with Crippen LogP contribution in [0.3, 0.4) is 0 Å². The third-order valence-corrected chi connectivity index (χ3v) is 4.10. The van der Waals surface area contributed by atoms with E-state index in [4.69, 9.17) is 22.1 Å². The number of nitrogens with two attached hydrogens (primary N) is 1. The van der Waals surface area contributed by atoms with Crippen LogP contribution in [0.15, 0.2) is 58.3 Å². The zero-order valence-electron chi connectivity index (χ0n) is 11.3. The van der Waals surface area contributed by atoms with Crippen LogP contribution in [0, 0.1) is 0 Å². The summed E-state index contributed by atoms with van der Waals surface area (Å²) in [6, 6.07) is 14.2. The lowest BCUT2D eigenvalue weighted by Gasteiger charge is -2.14. The van der Waals surface area contributed by atoms with Gasteiger partial charge in [0.1, 0.15) is 6.04 Å². The minimum absolute atomic E-state index is 0. The number of esters is 1. The largest absolute Gasteiger partial charge is 0.468 e. The minimum Gasteiger partial charge on any atom is -0.468 e. The summed E-state index contributed by atoms with van der Waals surface area (Å²) < 4.78 is 4.70. The molecule has 0 aliphatic carbocycles. The van der Waals surface area contributed by atoms with Gasteiger partial charge in [-0.2, -0.15) is 0 Å². The van der Waals surface area contributed by atoms with Crippen LogP contribution in [-0.4, -0.2) is 13.1 Å². The van der Waals surface area contributed by atoms with E-state index in [1.165, 1.54) is 18.9 Å². The molecule has 1 atom stereocenters. The first-order valence-corrected chi connectivity index (χ1v) is 7.17. The van der Waals surface area contributed by atoms with Gasteiger partial charge in [-0.05, 0) is 35.9 Å². The fourth-order valence-electron chi connectivity index (χ4n) is 1.71. The highest BCUT2D eigenvalue weighted by Crippen LogP contribution is 2.33. The van der Waals surface area contributed by atoms with Crippen molar-refractivity contribution >= 4 is 41.7 Å². The van der Waals surface area contributed by atoms with Crippen molar-refractivity contribution < 1.29 is 9.53 Å². The molecule has 2 N–H and O–H groups in total. The normalized spacial score (nSPS) is 11.4. The van der Waals surface area contributed by atoms with E-state index >= 15 is 0 Å². The third-order valence-electron chi connectivity index (χ3n) is 2.75. The highest BCUT2D eigenvalue weighted by Gasteiger charge is 2.19. The van der Waals surface area contributed by atoms with Gasteiger partial charge in [-0.25, -0.2) is 0 Å². The summed E-state index contributed by atoms with van der Waals surface area (Å²) in [5.41, 5.74) is 6.67. The lowest BCUT2D eigenvalue weighted by Crippen LogP contribution is -2.23. The first-order valence-electron chi connectivity index (χ1n) is 5.97. The molecule has 3 nitrogen and oxygen atoms in total. The molecule has 2 aromatic carbocycles. The Morgan fingerprint density at radius 2 is 1.81 bits per heavy atom. The van der Waals surface area contributed by atoms with E-state index in [-0.39, 0.29) is 12.4 Å². The van der Waals surface area contributed by atoms with Gasteiger partial charge in [0.25, 0.3) is 0 Å². The molecule has 0 aromatic heterocycles. The molecule has 0 heterocycles. The number of hydrogen-bond acceptors (Lipinski definition) is 4. The Bertz CT molecular complexity index is 605. The van der Waals surface area contributed by atoms with Gasteiger partial charge in [0.2, 0.25) is 0 Å². The van der Waals surface area contributed by atoms with E-state index in [9.17, 15) is 4.79 Å². The number of ether oxygens (including phenoxy) is 1. The maximum absolute atomic E-state index is 11.6. The van der Waals surface area contributed by atoms with Gasteiger partial charge < -0.3 is 10.5 Å². The zero-order chi connectivity index (χ0) is 14.5. The van der Waals surface area contributed by atoms with Gasteiger partial charge >= 0.3 is 5.97 Å². The quantitative estimate of drug-likeness (QED) is 0.849. The highest BCUT2D eigenvalue weighted by molar-refractivity contribution is 7.99. The predicted octanol–water partition coefficient (Wildman–Crippen LogP) is 4.09. The topological polar surface area (TPSA) is 52.3 Å². The molecular weight excluding hydrogens is 329 g/mol. The van der Waals surface area contributed by atoms with Gasteiger partial charge in [-0.15, -0.1) is 12.4 Å². The molecule has 2 rings (SSSR count). The van der Waals surface area contributed by atoms with Crippen LogP contribution >= 0.6 is 35.8 Å². The summed E-state index contributed by atoms with van der Waals surface area (Å²) in [4.78, 5) is 13.5. The number of halogens is 2. The average molecular weight is 344 g/mol. The molecule has 0 aliphatic heterocycles. The average Bonchev–Trinajstić information content (AvgIpc) is 2.48. The van der Waals surface area contributed by atoms with Crippen molar-refractivity contribution in [3.8, 4) is 0 Å². The highest BCUT2D eigenvalue weighted by atomic mass is 35.5. The molecule has 0 fully saturated rings. The van der Waals surface area contributed by atoms with Crippen molar-refractivity contribution in [1.82, 2.24) is 0 Å². The molecular formula is C15H15Cl2NO2S. The monoisotopic (exact) mass is 343 g/mol. The fourth-order valence-corrected chi connectivity index (χ4v) is 2.83. The van der Waals surface area contributed by atoms with E-state index in [1.54, 1.807) is 0 Å². The molecule has 2 aromatic rings. The second kappa shape index (κ2) is 8.29. The second-order valence-corrected chi connectivity index (χ2v) is 5.65. The van der Waals surface area contributed by atoms with Crippen LogP contribution in [0.2, 0.25) is 5.02 Å². The Kier molecular flexibility index (Phi) is 7.05. The van der Waals surface area contributed by atoms with Crippen molar-refractivity contribution in [2.24, 2.45) is 5.73 Å².